The van der Waals surface area contributed by atoms with Gasteiger partial charge in [-0.05, 0) is 36.2 Å². The van der Waals surface area contributed by atoms with Crippen LogP contribution >= 0.6 is 0 Å². The van der Waals surface area contributed by atoms with Crippen LogP contribution in [-0.4, -0.2) is 43.5 Å². The molecule has 0 N–H and O–H groups in total. The molecule has 1 saturated heterocycles. The summed E-state index contributed by atoms with van der Waals surface area (Å²) in [5.74, 6) is 0.111. The first kappa shape index (κ1) is 18.1. The number of hydrogen-bond acceptors (Lipinski definition) is 3. The van der Waals surface area contributed by atoms with Crippen LogP contribution in [0.3, 0.4) is 0 Å². The number of benzene rings is 2. The SMILES string of the molecule is COCCN(Cc1ccccc1)C(=O)c1ccc(N2CCCC2=O)cc1. The van der Waals surface area contributed by atoms with E-state index in [0.717, 1.165) is 24.2 Å². The lowest BCUT2D eigenvalue weighted by Gasteiger charge is -2.23. The van der Waals surface area contributed by atoms with Gasteiger partial charge in [0.1, 0.15) is 0 Å². The summed E-state index contributed by atoms with van der Waals surface area (Å²) in [5, 5.41) is 0. The molecule has 1 heterocycles. The maximum Gasteiger partial charge on any atom is 0.254 e. The van der Waals surface area contributed by atoms with Crippen LogP contribution in [0.4, 0.5) is 5.69 Å². The Hall–Kier alpha value is -2.66. The van der Waals surface area contributed by atoms with Gasteiger partial charge in [0.2, 0.25) is 5.91 Å². The summed E-state index contributed by atoms with van der Waals surface area (Å²) >= 11 is 0. The van der Waals surface area contributed by atoms with E-state index in [0.29, 0.717) is 31.7 Å². The molecule has 1 aliphatic heterocycles. The highest BCUT2D eigenvalue weighted by Crippen LogP contribution is 2.22. The fourth-order valence-electron chi connectivity index (χ4n) is 3.15. The first-order valence-corrected chi connectivity index (χ1v) is 8.91. The summed E-state index contributed by atoms with van der Waals surface area (Å²) in [6.07, 6.45) is 1.49. The van der Waals surface area contributed by atoms with E-state index in [1.165, 1.54) is 0 Å². The molecule has 2 amide bonds. The Morgan fingerprint density at radius 1 is 1.12 bits per heavy atom. The Morgan fingerprint density at radius 2 is 1.85 bits per heavy atom. The average molecular weight is 352 g/mol. The van der Waals surface area contributed by atoms with Crippen LogP contribution in [0.25, 0.3) is 0 Å². The molecule has 0 bridgehead atoms. The van der Waals surface area contributed by atoms with Crippen molar-refractivity contribution >= 4 is 17.5 Å². The van der Waals surface area contributed by atoms with Crippen LogP contribution in [0.2, 0.25) is 0 Å². The minimum absolute atomic E-state index is 0.0369. The van der Waals surface area contributed by atoms with E-state index in [9.17, 15) is 9.59 Å². The number of nitrogens with zero attached hydrogens (tertiary/aromatic N) is 2. The van der Waals surface area contributed by atoms with E-state index < -0.39 is 0 Å². The summed E-state index contributed by atoms with van der Waals surface area (Å²) < 4.78 is 5.16. The van der Waals surface area contributed by atoms with Crippen molar-refractivity contribution in [2.45, 2.75) is 19.4 Å². The number of methoxy groups -OCH3 is 1. The normalized spacial score (nSPS) is 13.9. The van der Waals surface area contributed by atoms with Crippen molar-refractivity contribution in [2.24, 2.45) is 0 Å². The van der Waals surface area contributed by atoms with Gasteiger partial charge in [-0.25, -0.2) is 0 Å². The van der Waals surface area contributed by atoms with E-state index in [4.69, 9.17) is 4.74 Å². The Balaban J connectivity index is 1.74. The van der Waals surface area contributed by atoms with Gasteiger partial charge in [0.05, 0.1) is 6.61 Å². The zero-order valence-electron chi connectivity index (χ0n) is 15.1. The Morgan fingerprint density at radius 3 is 2.46 bits per heavy atom. The number of rotatable bonds is 7. The van der Waals surface area contributed by atoms with Gasteiger partial charge in [-0.3, -0.25) is 9.59 Å². The molecule has 0 aliphatic carbocycles. The lowest BCUT2D eigenvalue weighted by molar-refractivity contribution is -0.117. The second kappa shape index (κ2) is 8.63. The van der Waals surface area contributed by atoms with Crippen LogP contribution < -0.4 is 4.90 Å². The van der Waals surface area contributed by atoms with Crippen molar-refractivity contribution in [3.63, 3.8) is 0 Å². The van der Waals surface area contributed by atoms with Crippen LogP contribution in [0.15, 0.2) is 54.6 Å². The third-order valence-corrected chi connectivity index (χ3v) is 4.57. The molecule has 0 atom stereocenters. The highest BCUT2D eigenvalue weighted by atomic mass is 16.5. The van der Waals surface area contributed by atoms with Crippen molar-refractivity contribution in [1.29, 1.82) is 0 Å². The Kier molecular flexibility index (Phi) is 6.02. The molecular formula is C21H24N2O3. The van der Waals surface area contributed by atoms with Gasteiger partial charge in [-0.15, -0.1) is 0 Å². The molecule has 1 aliphatic rings. The largest absolute Gasteiger partial charge is 0.383 e. The van der Waals surface area contributed by atoms with Crippen LogP contribution in [0.1, 0.15) is 28.8 Å². The second-order valence-electron chi connectivity index (χ2n) is 6.40. The highest BCUT2D eigenvalue weighted by molar-refractivity contribution is 5.97. The quantitative estimate of drug-likeness (QED) is 0.769. The molecule has 5 nitrogen and oxygen atoms in total. The molecule has 0 spiro atoms. The fourth-order valence-corrected chi connectivity index (χ4v) is 3.15. The summed E-state index contributed by atoms with van der Waals surface area (Å²) in [7, 11) is 1.63. The van der Waals surface area contributed by atoms with Gasteiger partial charge in [0.15, 0.2) is 0 Å². The summed E-state index contributed by atoms with van der Waals surface area (Å²) in [6, 6.07) is 17.2. The molecule has 136 valence electrons. The minimum atomic E-state index is -0.0369. The molecule has 0 unspecified atom stereocenters. The molecule has 0 aromatic heterocycles. The van der Waals surface area contributed by atoms with Crippen LogP contribution in [0, 0.1) is 0 Å². The number of amides is 2. The standard InChI is InChI=1S/C21H24N2O3/c1-26-15-14-22(16-17-6-3-2-4-7-17)21(25)18-9-11-19(12-10-18)23-13-5-8-20(23)24/h2-4,6-7,9-12H,5,8,13-16H2,1H3. The maximum absolute atomic E-state index is 12.9. The van der Waals surface area contributed by atoms with Gasteiger partial charge in [-0.1, -0.05) is 30.3 Å². The molecule has 2 aromatic carbocycles. The number of ether oxygens (including phenoxy) is 1. The van der Waals surface area contributed by atoms with Crippen molar-refractivity contribution in [1.82, 2.24) is 4.90 Å². The molecule has 0 radical (unpaired) electrons. The van der Waals surface area contributed by atoms with E-state index >= 15 is 0 Å². The Labute approximate surface area is 154 Å². The summed E-state index contributed by atoms with van der Waals surface area (Å²) in [5.41, 5.74) is 2.55. The topological polar surface area (TPSA) is 49.9 Å². The van der Waals surface area contributed by atoms with E-state index in [2.05, 4.69) is 0 Å². The second-order valence-corrected chi connectivity index (χ2v) is 6.40. The van der Waals surface area contributed by atoms with E-state index in [-0.39, 0.29) is 11.8 Å². The monoisotopic (exact) mass is 352 g/mol. The summed E-state index contributed by atoms with van der Waals surface area (Å²) in [4.78, 5) is 28.4. The molecular weight excluding hydrogens is 328 g/mol. The first-order chi connectivity index (χ1) is 12.7. The molecule has 5 heteroatoms. The van der Waals surface area contributed by atoms with E-state index in [1.54, 1.807) is 29.0 Å². The minimum Gasteiger partial charge on any atom is -0.383 e. The van der Waals surface area contributed by atoms with Gasteiger partial charge in [0.25, 0.3) is 5.91 Å². The van der Waals surface area contributed by atoms with Crippen molar-refractivity contribution in [2.75, 3.05) is 31.7 Å². The fraction of sp³-hybridized carbons (Fsp3) is 0.333. The first-order valence-electron chi connectivity index (χ1n) is 8.91. The molecule has 0 saturated carbocycles. The van der Waals surface area contributed by atoms with Crippen molar-refractivity contribution in [3.05, 3.63) is 65.7 Å². The highest BCUT2D eigenvalue weighted by Gasteiger charge is 2.22. The van der Waals surface area contributed by atoms with Crippen LogP contribution in [0.5, 0.6) is 0 Å². The Bertz CT molecular complexity index is 744. The predicted molar refractivity (Wildman–Crippen MR) is 101 cm³/mol. The van der Waals surface area contributed by atoms with Gasteiger partial charge in [-0.2, -0.15) is 0 Å². The third kappa shape index (κ3) is 4.29. The predicted octanol–water partition coefficient (Wildman–Crippen LogP) is 3.10. The maximum atomic E-state index is 12.9. The average Bonchev–Trinajstić information content (AvgIpc) is 3.11. The molecule has 2 aromatic rings. The van der Waals surface area contributed by atoms with Crippen LogP contribution in [-0.2, 0) is 16.1 Å². The van der Waals surface area contributed by atoms with E-state index in [1.807, 2.05) is 42.5 Å². The molecule has 3 rings (SSSR count). The number of carbonyl (C=O) groups excluding carboxylic acids is 2. The van der Waals surface area contributed by atoms with Gasteiger partial charge in [0, 0.05) is 44.4 Å². The van der Waals surface area contributed by atoms with Crippen molar-refractivity contribution < 1.29 is 14.3 Å². The smallest absolute Gasteiger partial charge is 0.254 e. The lowest BCUT2D eigenvalue weighted by Crippen LogP contribution is -2.33. The number of hydrogen-bond donors (Lipinski definition) is 0. The van der Waals surface area contributed by atoms with Crippen molar-refractivity contribution in [3.8, 4) is 0 Å². The number of carbonyl (C=O) groups is 2. The number of anilines is 1. The summed E-state index contributed by atoms with van der Waals surface area (Å²) in [6.45, 7) is 2.30. The van der Waals surface area contributed by atoms with Gasteiger partial charge >= 0.3 is 0 Å². The zero-order valence-corrected chi connectivity index (χ0v) is 15.1. The van der Waals surface area contributed by atoms with Gasteiger partial charge < -0.3 is 14.5 Å². The third-order valence-electron chi connectivity index (χ3n) is 4.57. The molecule has 26 heavy (non-hydrogen) atoms. The lowest BCUT2D eigenvalue weighted by atomic mass is 10.1. The molecule has 1 fully saturated rings. The zero-order chi connectivity index (χ0) is 18.4.